The smallest absolute Gasteiger partial charge is 0.411 e. The van der Waals surface area contributed by atoms with Crippen molar-refractivity contribution in [2.45, 2.75) is 52.1 Å². The zero-order valence-electron chi connectivity index (χ0n) is 18.2. The standard InChI is InChI=1S/C20H32N2O3.C2H2O4/c1-2-3-4-9-15-24-17-18-10-5-6-11-19(18)21-20(23)25-16-14-22-12-7-8-13-22;3-1(4)2(5)6/h5-6,10-11H,2-4,7-9,12-17H2,1H3,(H,21,23);(H,3,4)(H,5,6). The number of hydrogen-bond donors (Lipinski definition) is 3. The number of nitrogens with one attached hydrogen (secondary N) is 2. The van der Waals surface area contributed by atoms with E-state index in [1.807, 2.05) is 24.3 Å². The van der Waals surface area contributed by atoms with Gasteiger partial charge in [0.2, 0.25) is 0 Å². The van der Waals surface area contributed by atoms with Gasteiger partial charge < -0.3 is 29.4 Å². The number of anilines is 1. The highest BCUT2D eigenvalue weighted by Gasteiger charge is 2.15. The maximum atomic E-state index is 12.0. The van der Waals surface area contributed by atoms with Crippen molar-refractivity contribution in [2.75, 3.05) is 38.2 Å². The van der Waals surface area contributed by atoms with Crippen LogP contribution in [0.2, 0.25) is 0 Å². The highest BCUT2D eigenvalue weighted by molar-refractivity contribution is 6.26. The lowest BCUT2D eigenvalue weighted by Gasteiger charge is -2.14. The molecule has 9 heteroatoms. The van der Waals surface area contributed by atoms with E-state index in [2.05, 4.69) is 12.2 Å². The number of amides is 1. The van der Waals surface area contributed by atoms with E-state index in [9.17, 15) is 4.79 Å². The average molecular weight is 439 g/mol. The number of carbonyl (C=O) groups excluding carboxylic acids is 2. The largest absolute Gasteiger partial charge is 0.539 e. The van der Waals surface area contributed by atoms with Gasteiger partial charge in [0.1, 0.15) is 13.2 Å². The third-order valence-electron chi connectivity index (χ3n) is 4.83. The Labute approximate surface area is 183 Å². The molecular formula is C22H34N2O7. The van der Waals surface area contributed by atoms with Crippen molar-refractivity contribution < 1.29 is 39.0 Å². The third kappa shape index (κ3) is 12.6. The molecule has 31 heavy (non-hydrogen) atoms. The zero-order chi connectivity index (χ0) is 22.9. The van der Waals surface area contributed by atoms with Crippen molar-refractivity contribution in [3.8, 4) is 0 Å². The van der Waals surface area contributed by atoms with Gasteiger partial charge in [0, 0.05) is 30.7 Å². The Bertz CT molecular complexity index is 664. The number of unbranched alkanes of at least 4 members (excludes halogenated alkanes) is 3. The van der Waals surface area contributed by atoms with Crippen molar-refractivity contribution in [1.82, 2.24) is 0 Å². The molecule has 0 radical (unpaired) electrons. The quantitative estimate of drug-likeness (QED) is 0.345. The van der Waals surface area contributed by atoms with Gasteiger partial charge in [0.25, 0.3) is 0 Å². The van der Waals surface area contributed by atoms with Gasteiger partial charge in [-0.15, -0.1) is 0 Å². The van der Waals surface area contributed by atoms with Gasteiger partial charge in [0.15, 0.2) is 5.97 Å². The van der Waals surface area contributed by atoms with Crippen LogP contribution >= 0.6 is 0 Å². The van der Waals surface area contributed by atoms with Crippen LogP contribution in [-0.4, -0.2) is 56.0 Å². The molecule has 1 aliphatic rings. The number of carbonyl (C=O) groups is 3. The lowest BCUT2D eigenvalue weighted by Crippen LogP contribution is -3.10. The summed E-state index contributed by atoms with van der Waals surface area (Å²) in [6.07, 6.45) is 6.97. The predicted octanol–water partition coefficient (Wildman–Crippen LogP) is 0.832. The Hall–Kier alpha value is -2.65. The van der Waals surface area contributed by atoms with Gasteiger partial charge in [0.05, 0.1) is 19.7 Å². The van der Waals surface area contributed by atoms with Gasteiger partial charge in [-0.1, -0.05) is 44.4 Å². The second-order valence-corrected chi connectivity index (χ2v) is 7.33. The molecule has 1 amide bonds. The minimum atomic E-state index is -2.07. The molecule has 0 aromatic heterocycles. The topological polar surface area (TPSA) is 129 Å². The number of aliphatic carboxylic acids is 2. The molecule has 1 saturated heterocycles. The second kappa shape index (κ2) is 16.1. The van der Waals surface area contributed by atoms with Gasteiger partial charge in [-0.25, -0.2) is 9.59 Å². The van der Waals surface area contributed by atoms with Crippen LogP contribution in [0.25, 0.3) is 0 Å². The summed E-state index contributed by atoms with van der Waals surface area (Å²) in [6.45, 7) is 7.24. The summed E-state index contributed by atoms with van der Waals surface area (Å²) >= 11 is 0. The molecule has 0 unspecified atom stereocenters. The minimum Gasteiger partial charge on any atom is -0.539 e. The van der Waals surface area contributed by atoms with Gasteiger partial charge in [-0.05, 0) is 12.5 Å². The lowest BCUT2D eigenvalue weighted by molar-refractivity contribution is -0.887. The van der Waals surface area contributed by atoms with Gasteiger partial charge in [-0.3, -0.25) is 5.32 Å². The SMILES string of the molecule is CCCCCCOCc1ccccc1NC(=O)OCC[NH+]1CCCC1.O=C([O-])C(=O)O. The first kappa shape index (κ1) is 26.4. The van der Waals surface area contributed by atoms with Crippen LogP contribution in [0.15, 0.2) is 24.3 Å². The number of ether oxygens (including phenoxy) is 2. The molecule has 0 saturated carbocycles. The fraction of sp³-hybridized carbons (Fsp3) is 0.591. The van der Waals surface area contributed by atoms with Crippen molar-refractivity contribution in [1.29, 1.82) is 0 Å². The van der Waals surface area contributed by atoms with E-state index in [4.69, 9.17) is 29.3 Å². The van der Waals surface area contributed by atoms with Crippen LogP contribution in [0.3, 0.4) is 0 Å². The van der Waals surface area contributed by atoms with E-state index in [1.165, 1.54) is 50.1 Å². The Morgan fingerprint density at radius 3 is 2.42 bits per heavy atom. The van der Waals surface area contributed by atoms with Crippen LogP contribution < -0.4 is 15.3 Å². The molecule has 174 valence electrons. The third-order valence-corrected chi connectivity index (χ3v) is 4.83. The molecule has 0 spiro atoms. The fourth-order valence-electron chi connectivity index (χ4n) is 3.14. The van der Waals surface area contributed by atoms with Crippen LogP contribution in [0, 0.1) is 0 Å². The van der Waals surface area contributed by atoms with E-state index in [-0.39, 0.29) is 6.09 Å². The molecule has 1 heterocycles. The molecule has 1 aliphatic heterocycles. The molecule has 0 bridgehead atoms. The number of likely N-dealkylation sites (tertiary alicyclic amines) is 1. The molecule has 0 atom stereocenters. The monoisotopic (exact) mass is 438 g/mol. The summed E-state index contributed by atoms with van der Waals surface area (Å²) in [4.78, 5) is 31.6. The number of rotatable bonds is 11. The van der Waals surface area contributed by atoms with E-state index in [1.54, 1.807) is 0 Å². The highest BCUT2D eigenvalue weighted by atomic mass is 16.5. The van der Waals surface area contributed by atoms with Crippen LogP contribution in [-0.2, 0) is 25.7 Å². The van der Waals surface area contributed by atoms with Crippen molar-refractivity contribution in [3.63, 3.8) is 0 Å². The minimum absolute atomic E-state index is 0.381. The van der Waals surface area contributed by atoms with Gasteiger partial charge >= 0.3 is 12.1 Å². The summed E-state index contributed by atoms with van der Waals surface area (Å²) in [7, 11) is 0. The predicted molar refractivity (Wildman–Crippen MR) is 113 cm³/mol. The lowest BCUT2D eigenvalue weighted by atomic mass is 10.2. The molecule has 2 rings (SSSR count). The summed E-state index contributed by atoms with van der Waals surface area (Å²) in [5, 5.41) is 19.2. The summed E-state index contributed by atoms with van der Waals surface area (Å²) in [6, 6.07) is 7.75. The summed E-state index contributed by atoms with van der Waals surface area (Å²) in [5.41, 5.74) is 1.76. The zero-order valence-corrected chi connectivity index (χ0v) is 18.2. The average Bonchev–Trinajstić information content (AvgIpc) is 3.25. The van der Waals surface area contributed by atoms with E-state index in [0.717, 1.165) is 30.8 Å². The highest BCUT2D eigenvalue weighted by Crippen LogP contribution is 2.16. The van der Waals surface area contributed by atoms with Crippen LogP contribution in [0.5, 0.6) is 0 Å². The molecule has 0 aliphatic carbocycles. The number of quaternary nitrogens is 1. The molecular weight excluding hydrogens is 404 g/mol. The Morgan fingerprint density at radius 2 is 1.77 bits per heavy atom. The first-order valence-electron chi connectivity index (χ1n) is 10.8. The molecule has 3 N–H and O–H groups in total. The maximum absolute atomic E-state index is 12.0. The van der Waals surface area contributed by atoms with Gasteiger partial charge in [-0.2, -0.15) is 0 Å². The summed E-state index contributed by atoms with van der Waals surface area (Å²) in [5.74, 6) is -4.01. The molecule has 1 aromatic rings. The first-order chi connectivity index (χ1) is 14.9. The van der Waals surface area contributed by atoms with E-state index in [0.29, 0.717) is 13.2 Å². The first-order valence-corrected chi connectivity index (χ1v) is 10.8. The van der Waals surface area contributed by atoms with Crippen molar-refractivity contribution in [2.24, 2.45) is 0 Å². The van der Waals surface area contributed by atoms with E-state index < -0.39 is 11.9 Å². The van der Waals surface area contributed by atoms with Crippen molar-refractivity contribution >= 4 is 23.7 Å². The normalized spacial score (nSPS) is 13.2. The number of carboxylic acid groups (broad SMARTS) is 2. The van der Waals surface area contributed by atoms with Crippen molar-refractivity contribution in [3.05, 3.63) is 29.8 Å². The van der Waals surface area contributed by atoms with Crippen LogP contribution in [0.4, 0.5) is 10.5 Å². The Balaban J connectivity index is 0.000000703. The number of benzene rings is 1. The second-order valence-electron chi connectivity index (χ2n) is 7.33. The fourth-order valence-corrected chi connectivity index (χ4v) is 3.14. The van der Waals surface area contributed by atoms with E-state index >= 15 is 0 Å². The Morgan fingerprint density at radius 1 is 1.10 bits per heavy atom. The molecule has 9 nitrogen and oxygen atoms in total. The number of carboxylic acids is 2. The Kier molecular flexibility index (Phi) is 13.7. The number of para-hydroxylation sites is 1. The maximum Gasteiger partial charge on any atom is 0.411 e. The molecule has 1 fully saturated rings. The van der Waals surface area contributed by atoms with Crippen LogP contribution in [0.1, 0.15) is 51.0 Å². The summed E-state index contributed by atoms with van der Waals surface area (Å²) < 4.78 is 11.1. The molecule has 1 aromatic carbocycles. The number of hydrogen-bond acceptors (Lipinski definition) is 6.